The molecule has 1 aliphatic rings. The zero-order chi connectivity index (χ0) is 15.7. The zero-order valence-electron chi connectivity index (χ0n) is 14.8. The molecule has 0 saturated heterocycles. The third-order valence-corrected chi connectivity index (χ3v) is 31.0. The Morgan fingerprint density at radius 3 is 1.83 bits per heavy atom. The van der Waals surface area contributed by atoms with Gasteiger partial charge in [-0.3, -0.25) is 0 Å². The second-order valence-corrected chi connectivity index (χ2v) is 32.9. The van der Waals surface area contributed by atoms with E-state index in [0.717, 1.165) is 3.67 Å². The molecule has 2 aromatic rings. The zero-order valence-corrected chi connectivity index (χ0v) is 21.1. The standard InChI is InChI=1S/C13H9.C4H10N.C2H7Si.2ClH.Hf/c1-3-7-12-10(5-1)9-11-6-2-4-8-13(11)12;1-3-4(2)5;1-3-2;;;/h1-9H;4-5H,3H2,1-2H3;3H,1-2H3;2*1H;/q;-1;;;;+3/p-2. The van der Waals surface area contributed by atoms with Crippen LogP contribution >= 0.6 is 0 Å². The van der Waals surface area contributed by atoms with Crippen LogP contribution in [0.15, 0.2) is 48.5 Å². The minimum Gasteiger partial charge on any atom is -1.00 e. The molecule has 0 saturated carbocycles. The average molecular weight is 546 g/mol. The van der Waals surface area contributed by atoms with Crippen molar-refractivity contribution in [2.75, 3.05) is 0 Å². The maximum atomic E-state index is 4.16. The second kappa shape index (κ2) is 9.68. The van der Waals surface area contributed by atoms with Crippen molar-refractivity contribution in [1.29, 1.82) is 0 Å². The number of benzene rings is 2. The molecule has 0 aliphatic heterocycles. The van der Waals surface area contributed by atoms with E-state index in [0.29, 0.717) is 6.04 Å². The molecule has 1 N–H and O–H groups in total. The van der Waals surface area contributed by atoms with Crippen LogP contribution < -0.4 is 28.1 Å². The number of hydrogen-bond donors (Lipinski definition) is 1. The molecule has 0 bridgehead atoms. The van der Waals surface area contributed by atoms with Crippen molar-refractivity contribution in [3.8, 4) is 11.1 Å². The quantitative estimate of drug-likeness (QED) is 0.460. The Labute approximate surface area is 168 Å². The molecule has 1 atom stereocenters. The van der Waals surface area contributed by atoms with E-state index in [1.54, 1.807) is 11.1 Å². The Morgan fingerprint density at radius 1 is 0.958 bits per heavy atom. The maximum Gasteiger partial charge on any atom is -1.00 e. The van der Waals surface area contributed by atoms with Gasteiger partial charge in [-0.25, -0.2) is 0 Å². The Kier molecular flexibility index (Phi) is 8.92. The van der Waals surface area contributed by atoms with E-state index < -0.39 is 26.9 Å². The predicted molar refractivity (Wildman–Crippen MR) is 95.5 cm³/mol. The van der Waals surface area contributed by atoms with Crippen LogP contribution in [0.5, 0.6) is 0 Å². The smallest absolute Gasteiger partial charge is 1.00 e. The fraction of sp³-hybridized carbons (Fsp3) is 0.368. The summed E-state index contributed by atoms with van der Waals surface area (Å²) in [4.78, 5) is 0. The molecule has 1 nitrogen and oxygen atoms in total. The van der Waals surface area contributed by atoms with E-state index in [4.69, 9.17) is 0 Å². The fourth-order valence-electron chi connectivity index (χ4n) is 3.46. The molecule has 129 valence electrons. The summed E-state index contributed by atoms with van der Waals surface area (Å²) in [5, 5.41) is 0. The van der Waals surface area contributed by atoms with Crippen LogP contribution in [0.3, 0.4) is 0 Å². The van der Waals surface area contributed by atoms with Crippen LogP contribution in [0.2, 0.25) is 13.1 Å². The van der Waals surface area contributed by atoms with E-state index in [2.05, 4.69) is 78.8 Å². The molecule has 0 fully saturated rings. The monoisotopic (exact) mass is 546 g/mol. The first-order valence-electron chi connectivity index (χ1n) is 8.45. The van der Waals surface area contributed by atoms with Gasteiger partial charge < -0.3 is 24.8 Å². The normalized spacial score (nSPS) is 13.5. The van der Waals surface area contributed by atoms with E-state index in [1.165, 1.54) is 17.5 Å². The third-order valence-electron chi connectivity index (χ3n) is 4.79. The molecule has 3 rings (SSSR count). The number of fused-ring (bicyclic) bond motifs is 3. The summed E-state index contributed by atoms with van der Waals surface area (Å²) in [5.74, 6) is -0.624. The molecule has 0 aromatic heterocycles. The van der Waals surface area contributed by atoms with Gasteiger partial charge in [0.1, 0.15) is 0 Å². The summed E-state index contributed by atoms with van der Waals surface area (Å²) in [7, 11) is 0. The summed E-state index contributed by atoms with van der Waals surface area (Å²) in [6, 6.07) is 18.9. The van der Waals surface area contributed by atoms with Crippen LogP contribution in [0.1, 0.15) is 35.1 Å². The molecule has 0 spiro atoms. The molecule has 0 radical (unpaired) electrons. The van der Waals surface area contributed by atoms with Crippen molar-refractivity contribution in [1.82, 2.24) is 3.30 Å². The van der Waals surface area contributed by atoms with Crippen LogP contribution in [0.4, 0.5) is 0 Å². The Bertz CT molecular complexity index is 620. The van der Waals surface area contributed by atoms with Gasteiger partial charge in [0.15, 0.2) is 0 Å². The van der Waals surface area contributed by atoms with Gasteiger partial charge in [0.25, 0.3) is 0 Å². The van der Waals surface area contributed by atoms with Crippen LogP contribution in [0.25, 0.3) is 11.1 Å². The Hall–Kier alpha value is 0.0670. The first-order valence-corrected chi connectivity index (χ1v) is 21.4. The topological polar surface area (TPSA) is 12.0 Å². The largest absolute Gasteiger partial charge is 1.00 e. The number of hydrogen-bond acceptors (Lipinski definition) is 1. The predicted octanol–water partition coefficient (Wildman–Crippen LogP) is -1.33. The maximum absolute atomic E-state index is 4.16. The molecule has 1 unspecified atom stereocenters. The van der Waals surface area contributed by atoms with Crippen molar-refractivity contribution in [2.45, 2.75) is 43.1 Å². The minimum atomic E-state index is -1.89. The summed E-state index contributed by atoms with van der Waals surface area (Å²) < 4.78 is 4.90. The number of rotatable bonds is 5. The number of nitrogens with one attached hydrogen (secondary N) is 1. The minimum absolute atomic E-state index is 0. The van der Waals surface area contributed by atoms with Crippen molar-refractivity contribution in [3.05, 3.63) is 59.7 Å². The van der Waals surface area contributed by atoms with Gasteiger partial charge in [-0.05, 0) is 0 Å². The first kappa shape index (κ1) is 22.1. The summed E-state index contributed by atoms with van der Waals surface area (Å²) >= 11 is -1.89. The van der Waals surface area contributed by atoms with Crippen LogP contribution in [-0.4, -0.2) is 12.0 Å². The first-order chi connectivity index (χ1) is 10.6. The van der Waals surface area contributed by atoms with Gasteiger partial charge in [0, 0.05) is 0 Å². The summed E-state index contributed by atoms with van der Waals surface area (Å²) in [5.41, 5.74) is 6.21. The van der Waals surface area contributed by atoms with Crippen molar-refractivity contribution in [3.63, 3.8) is 0 Å². The fourth-order valence-corrected chi connectivity index (χ4v) is 28.1. The molecule has 2 aromatic carbocycles. The summed E-state index contributed by atoms with van der Waals surface area (Å²) in [6.07, 6.45) is 1.24. The molecular formula is C19H26Cl2HfNSi. The molecule has 0 amide bonds. The molecule has 0 heterocycles. The average Bonchev–Trinajstić information content (AvgIpc) is 2.86. The SMILES string of the molecule is CCC(C)[NH][Hf+2]([CH]1c2ccccc2-c2ccccc21)[SiH](C)C.[Cl-].[Cl-]. The van der Waals surface area contributed by atoms with Gasteiger partial charge in [0.2, 0.25) is 0 Å². The number of halogens is 2. The Balaban J connectivity index is 0.00000144. The van der Waals surface area contributed by atoms with Crippen LogP contribution in [-0.2, 0) is 20.9 Å². The van der Waals surface area contributed by atoms with Gasteiger partial charge >= 0.3 is 144 Å². The van der Waals surface area contributed by atoms with Gasteiger partial charge in [-0.1, -0.05) is 0 Å². The van der Waals surface area contributed by atoms with E-state index >= 15 is 0 Å². The van der Waals surface area contributed by atoms with Crippen LogP contribution in [0, 0.1) is 0 Å². The molecular weight excluding hydrogens is 520 g/mol. The molecule has 24 heavy (non-hydrogen) atoms. The van der Waals surface area contributed by atoms with E-state index in [-0.39, 0.29) is 24.8 Å². The summed E-state index contributed by atoms with van der Waals surface area (Å²) in [6.45, 7) is 9.82. The van der Waals surface area contributed by atoms with Crippen molar-refractivity contribution in [2.24, 2.45) is 0 Å². The van der Waals surface area contributed by atoms with Gasteiger partial charge in [-0.2, -0.15) is 0 Å². The molecule has 5 heteroatoms. The third kappa shape index (κ3) is 4.24. The molecule has 1 aliphatic carbocycles. The van der Waals surface area contributed by atoms with E-state index in [1.807, 2.05) is 0 Å². The van der Waals surface area contributed by atoms with Crippen molar-refractivity contribution < 1.29 is 45.7 Å². The van der Waals surface area contributed by atoms with Gasteiger partial charge in [0.05, 0.1) is 0 Å². The Morgan fingerprint density at radius 2 is 1.42 bits per heavy atom. The van der Waals surface area contributed by atoms with Gasteiger partial charge in [-0.15, -0.1) is 0 Å². The van der Waals surface area contributed by atoms with Crippen molar-refractivity contribution >= 4 is 5.98 Å². The van der Waals surface area contributed by atoms with E-state index in [9.17, 15) is 0 Å². The second-order valence-electron chi connectivity index (χ2n) is 6.67.